The molecule has 2 fully saturated rings. The fourth-order valence-electron chi connectivity index (χ4n) is 2.56. The van der Waals surface area contributed by atoms with Crippen molar-refractivity contribution in [3.8, 4) is 0 Å². The van der Waals surface area contributed by atoms with Crippen LogP contribution in [0.4, 0.5) is 10.1 Å². The second-order valence-electron chi connectivity index (χ2n) is 5.52. The Balaban J connectivity index is 1.84. The van der Waals surface area contributed by atoms with Gasteiger partial charge < -0.3 is 5.11 Å². The minimum absolute atomic E-state index is 0.0591. The van der Waals surface area contributed by atoms with E-state index in [4.69, 9.17) is 0 Å². The number of hydrogen-bond donors (Lipinski definition) is 1. The molecule has 1 saturated heterocycles. The maximum absolute atomic E-state index is 13.8. The lowest BCUT2D eigenvalue weighted by Gasteiger charge is -2.45. The van der Waals surface area contributed by atoms with Gasteiger partial charge in [0.2, 0.25) is 10.0 Å². The fraction of sp³-hybridized carbons (Fsp3) is 0.500. The number of aliphatic hydroxyl groups is 1. The molecule has 0 radical (unpaired) electrons. The smallest absolute Gasteiger partial charge is 0.272 e. The first-order valence-electron chi connectivity index (χ1n) is 6.40. The highest BCUT2D eigenvalue weighted by Crippen LogP contribution is 2.46. The van der Waals surface area contributed by atoms with Crippen LogP contribution in [0.5, 0.6) is 0 Å². The number of non-ortho nitro benzene ring substituents is 1. The van der Waals surface area contributed by atoms with Crippen molar-refractivity contribution in [3.63, 3.8) is 0 Å². The van der Waals surface area contributed by atoms with E-state index in [-0.39, 0.29) is 19.0 Å². The SMILES string of the molecule is O=[N+]([O-])c1ccc(S(=O)(=O)N2CC(O)(C3CC3)C2)c(F)c1. The molecule has 1 saturated carbocycles. The normalized spacial score (nSPS) is 21.8. The van der Waals surface area contributed by atoms with Crippen molar-refractivity contribution in [2.45, 2.75) is 23.3 Å². The maximum Gasteiger partial charge on any atom is 0.272 e. The fourth-order valence-corrected chi connectivity index (χ4v) is 4.18. The molecule has 0 bridgehead atoms. The number of halogens is 1. The molecule has 0 unspecified atom stereocenters. The van der Waals surface area contributed by atoms with Gasteiger partial charge >= 0.3 is 0 Å². The van der Waals surface area contributed by atoms with E-state index in [1.165, 1.54) is 0 Å². The molecule has 114 valence electrons. The summed E-state index contributed by atoms with van der Waals surface area (Å²) in [7, 11) is -4.08. The lowest BCUT2D eigenvalue weighted by molar-refractivity contribution is -0.385. The van der Waals surface area contributed by atoms with E-state index >= 15 is 0 Å². The van der Waals surface area contributed by atoms with E-state index in [9.17, 15) is 28.0 Å². The van der Waals surface area contributed by atoms with Crippen molar-refractivity contribution >= 4 is 15.7 Å². The van der Waals surface area contributed by atoms with Crippen LogP contribution in [0.1, 0.15) is 12.8 Å². The molecule has 1 N–H and O–H groups in total. The van der Waals surface area contributed by atoms with Gasteiger partial charge in [0.05, 0.1) is 16.6 Å². The Bertz CT molecular complexity index is 710. The zero-order valence-electron chi connectivity index (χ0n) is 10.9. The van der Waals surface area contributed by atoms with Crippen molar-refractivity contribution in [3.05, 3.63) is 34.1 Å². The van der Waals surface area contributed by atoms with Gasteiger partial charge in [-0.15, -0.1) is 0 Å². The molecule has 1 heterocycles. The molecule has 1 aliphatic heterocycles. The summed E-state index contributed by atoms with van der Waals surface area (Å²) in [6.07, 6.45) is 1.74. The zero-order chi connectivity index (χ0) is 15.4. The van der Waals surface area contributed by atoms with Crippen LogP contribution in [0.2, 0.25) is 0 Å². The lowest BCUT2D eigenvalue weighted by Crippen LogP contribution is -2.64. The van der Waals surface area contributed by atoms with E-state index < -0.39 is 36.9 Å². The van der Waals surface area contributed by atoms with Crippen molar-refractivity contribution < 1.29 is 22.8 Å². The third-order valence-corrected chi connectivity index (χ3v) is 5.81. The summed E-state index contributed by atoms with van der Waals surface area (Å²) < 4.78 is 39.3. The molecule has 3 rings (SSSR count). The molecular formula is C12H13FN2O5S. The standard InChI is InChI=1S/C12H13FN2O5S/c13-10-5-9(15(17)18)3-4-11(10)21(19,20)14-6-12(16,7-14)8-1-2-8/h3-5,8,16H,1-2,6-7H2. The third kappa shape index (κ3) is 2.30. The molecule has 21 heavy (non-hydrogen) atoms. The predicted molar refractivity (Wildman–Crippen MR) is 69.5 cm³/mol. The number of nitrogens with zero attached hydrogens (tertiary/aromatic N) is 2. The van der Waals surface area contributed by atoms with Crippen molar-refractivity contribution in [1.29, 1.82) is 0 Å². The van der Waals surface area contributed by atoms with Gasteiger partial charge in [-0.25, -0.2) is 12.8 Å². The van der Waals surface area contributed by atoms with E-state index in [0.29, 0.717) is 6.07 Å². The number of nitro groups is 1. The molecule has 0 aromatic heterocycles. The van der Waals surface area contributed by atoms with Gasteiger partial charge in [-0.1, -0.05) is 0 Å². The third-order valence-electron chi connectivity index (χ3n) is 3.98. The van der Waals surface area contributed by atoms with Crippen LogP contribution in [0.3, 0.4) is 0 Å². The van der Waals surface area contributed by atoms with Gasteiger partial charge in [0.1, 0.15) is 10.7 Å². The summed E-state index contributed by atoms with van der Waals surface area (Å²) in [5.41, 5.74) is -1.52. The Morgan fingerprint density at radius 1 is 1.38 bits per heavy atom. The van der Waals surface area contributed by atoms with Crippen LogP contribution in [-0.2, 0) is 10.0 Å². The van der Waals surface area contributed by atoms with E-state index in [0.717, 1.165) is 29.3 Å². The zero-order valence-corrected chi connectivity index (χ0v) is 11.7. The molecule has 1 aromatic rings. The average Bonchev–Trinajstić information content (AvgIpc) is 3.18. The topological polar surface area (TPSA) is 101 Å². The molecule has 0 atom stereocenters. The Labute approximate surface area is 120 Å². The van der Waals surface area contributed by atoms with Crippen LogP contribution in [0.15, 0.2) is 23.1 Å². The highest BCUT2D eigenvalue weighted by molar-refractivity contribution is 7.89. The number of β-amino-alcohol motifs (C(OH)–C–C–N with tert-alkyl or cyclic N) is 1. The highest BCUT2D eigenvalue weighted by Gasteiger charge is 2.55. The Morgan fingerprint density at radius 2 is 2.00 bits per heavy atom. The molecule has 0 amide bonds. The number of benzene rings is 1. The van der Waals surface area contributed by atoms with Crippen LogP contribution in [0.25, 0.3) is 0 Å². The summed E-state index contributed by atoms with van der Waals surface area (Å²) in [4.78, 5) is 9.13. The van der Waals surface area contributed by atoms with Crippen LogP contribution in [0, 0.1) is 21.8 Å². The average molecular weight is 316 g/mol. The largest absolute Gasteiger partial charge is 0.387 e. The summed E-state index contributed by atoms with van der Waals surface area (Å²) in [5, 5.41) is 20.7. The summed E-state index contributed by atoms with van der Waals surface area (Å²) in [6.45, 7) is -0.118. The number of sulfonamides is 1. The van der Waals surface area contributed by atoms with E-state index in [1.54, 1.807) is 0 Å². The van der Waals surface area contributed by atoms with E-state index in [2.05, 4.69) is 0 Å². The number of nitro benzene ring substituents is 1. The summed E-state index contributed by atoms with van der Waals surface area (Å²) >= 11 is 0. The summed E-state index contributed by atoms with van der Waals surface area (Å²) in [5.74, 6) is -1.04. The quantitative estimate of drug-likeness (QED) is 0.656. The van der Waals surface area contributed by atoms with Gasteiger partial charge in [-0.2, -0.15) is 4.31 Å². The second kappa shape index (κ2) is 4.46. The molecular weight excluding hydrogens is 303 g/mol. The first-order chi connectivity index (χ1) is 9.74. The monoisotopic (exact) mass is 316 g/mol. The first-order valence-corrected chi connectivity index (χ1v) is 7.84. The summed E-state index contributed by atoms with van der Waals surface area (Å²) in [6, 6.07) is 2.42. The van der Waals surface area contributed by atoms with Gasteiger partial charge in [0.25, 0.3) is 5.69 Å². The highest BCUT2D eigenvalue weighted by atomic mass is 32.2. The Morgan fingerprint density at radius 3 is 2.48 bits per heavy atom. The molecule has 1 aliphatic carbocycles. The number of rotatable bonds is 4. The van der Waals surface area contributed by atoms with Gasteiger partial charge in [0.15, 0.2) is 0 Å². The maximum atomic E-state index is 13.8. The van der Waals surface area contributed by atoms with Crippen LogP contribution in [-0.4, -0.2) is 41.4 Å². The Hall–Kier alpha value is -1.58. The molecule has 9 heteroatoms. The minimum Gasteiger partial charge on any atom is -0.387 e. The van der Waals surface area contributed by atoms with Gasteiger partial charge in [-0.05, 0) is 24.8 Å². The number of hydrogen-bond acceptors (Lipinski definition) is 5. The van der Waals surface area contributed by atoms with Crippen LogP contribution < -0.4 is 0 Å². The molecule has 2 aliphatic rings. The molecule has 0 spiro atoms. The molecule has 1 aromatic carbocycles. The second-order valence-corrected chi connectivity index (χ2v) is 7.43. The van der Waals surface area contributed by atoms with Gasteiger partial charge in [0, 0.05) is 19.2 Å². The lowest BCUT2D eigenvalue weighted by atomic mass is 9.91. The Kier molecular flexibility index (Phi) is 3.05. The molecule has 7 nitrogen and oxygen atoms in total. The first kappa shape index (κ1) is 14.4. The van der Waals surface area contributed by atoms with Crippen molar-refractivity contribution in [2.75, 3.05) is 13.1 Å². The van der Waals surface area contributed by atoms with E-state index in [1.807, 2.05) is 0 Å². The van der Waals surface area contributed by atoms with Gasteiger partial charge in [-0.3, -0.25) is 10.1 Å². The predicted octanol–water partition coefficient (Wildman–Crippen LogP) is 0.879. The van der Waals surface area contributed by atoms with Crippen LogP contribution >= 0.6 is 0 Å². The van der Waals surface area contributed by atoms with Crippen molar-refractivity contribution in [2.24, 2.45) is 5.92 Å². The minimum atomic E-state index is -4.08. The van der Waals surface area contributed by atoms with Crippen molar-refractivity contribution in [1.82, 2.24) is 4.31 Å².